The third kappa shape index (κ3) is 3.99. The van der Waals surface area contributed by atoms with Crippen LogP contribution in [0.2, 0.25) is 5.02 Å². The van der Waals surface area contributed by atoms with Crippen LogP contribution in [0, 0.1) is 5.92 Å². The van der Waals surface area contributed by atoms with Gasteiger partial charge in [-0.15, -0.1) is 0 Å². The van der Waals surface area contributed by atoms with Gasteiger partial charge in [-0.25, -0.2) is 4.98 Å². The summed E-state index contributed by atoms with van der Waals surface area (Å²) in [6.45, 7) is 0. The Morgan fingerprint density at radius 1 is 1.21 bits per heavy atom. The maximum atomic E-state index is 13.2. The molecule has 0 unspecified atom stereocenters. The van der Waals surface area contributed by atoms with Crippen LogP contribution in [-0.4, -0.2) is 20.6 Å². The summed E-state index contributed by atoms with van der Waals surface area (Å²) in [6, 6.07) is 10.5. The summed E-state index contributed by atoms with van der Waals surface area (Å²) in [6.07, 6.45) is 10.0. The van der Waals surface area contributed by atoms with Gasteiger partial charge in [0, 0.05) is 23.2 Å². The molecule has 0 bridgehead atoms. The highest BCUT2D eigenvalue weighted by Crippen LogP contribution is 2.36. The number of hydrogen-bond acceptors (Lipinski definition) is 3. The molecule has 4 rings (SSSR count). The normalized spacial score (nSPS) is 16.2. The van der Waals surface area contributed by atoms with Crippen LogP contribution in [0.1, 0.15) is 44.6 Å². The molecule has 1 saturated carbocycles. The van der Waals surface area contributed by atoms with E-state index in [9.17, 15) is 9.90 Å². The second-order valence-electron chi connectivity index (χ2n) is 7.55. The average Bonchev–Trinajstić information content (AvgIpc) is 3.05. The lowest BCUT2D eigenvalue weighted by molar-refractivity contribution is -0.120. The second-order valence-corrected chi connectivity index (χ2v) is 7.99. The van der Waals surface area contributed by atoms with E-state index in [1.165, 1.54) is 25.5 Å². The highest BCUT2D eigenvalue weighted by atomic mass is 35.5. The van der Waals surface area contributed by atoms with E-state index in [-0.39, 0.29) is 11.8 Å². The van der Waals surface area contributed by atoms with Crippen LogP contribution in [0.5, 0.6) is 5.88 Å². The molecule has 1 aliphatic carbocycles. The van der Waals surface area contributed by atoms with Crippen LogP contribution >= 0.6 is 11.6 Å². The number of aromatic nitrogens is 2. The summed E-state index contributed by atoms with van der Waals surface area (Å²) in [5.41, 5.74) is 0. The first kappa shape index (κ1) is 18.8. The molecule has 3 aromatic rings. The van der Waals surface area contributed by atoms with Gasteiger partial charge in [0.1, 0.15) is 11.9 Å². The molecule has 1 amide bonds. The molecular formula is C22H24ClN3O2. The van der Waals surface area contributed by atoms with Crippen molar-refractivity contribution in [3.8, 4) is 5.88 Å². The minimum Gasteiger partial charge on any atom is -0.494 e. The summed E-state index contributed by atoms with van der Waals surface area (Å²) in [5.74, 6) is 0.901. The zero-order chi connectivity index (χ0) is 19.5. The van der Waals surface area contributed by atoms with Crippen molar-refractivity contribution in [1.29, 1.82) is 0 Å². The Kier molecular flexibility index (Phi) is 5.53. The van der Waals surface area contributed by atoms with Crippen molar-refractivity contribution in [1.82, 2.24) is 9.55 Å². The van der Waals surface area contributed by atoms with Crippen molar-refractivity contribution < 1.29 is 9.90 Å². The largest absolute Gasteiger partial charge is 0.494 e. The predicted molar refractivity (Wildman–Crippen MR) is 112 cm³/mol. The molecular weight excluding hydrogens is 374 g/mol. The maximum Gasteiger partial charge on any atom is 0.248 e. The van der Waals surface area contributed by atoms with Gasteiger partial charge in [-0.2, -0.15) is 0 Å². The Morgan fingerprint density at radius 2 is 2.00 bits per heavy atom. The molecule has 2 aromatic heterocycles. The van der Waals surface area contributed by atoms with E-state index in [1.54, 1.807) is 16.7 Å². The minimum atomic E-state index is -0.493. The lowest BCUT2D eigenvalue weighted by atomic mass is 9.84. The summed E-state index contributed by atoms with van der Waals surface area (Å²) >= 11 is 5.89. The first-order valence-electron chi connectivity index (χ1n) is 9.83. The third-order valence-corrected chi connectivity index (χ3v) is 5.85. The number of aromatic hydroxyl groups is 1. The van der Waals surface area contributed by atoms with Crippen molar-refractivity contribution in [3.05, 3.63) is 53.8 Å². The molecule has 1 atom stereocenters. The van der Waals surface area contributed by atoms with Crippen LogP contribution in [0.15, 0.2) is 48.8 Å². The van der Waals surface area contributed by atoms with Gasteiger partial charge in [-0.1, -0.05) is 61.9 Å². The first-order chi connectivity index (χ1) is 13.6. The fourth-order valence-electron chi connectivity index (χ4n) is 4.15. The molecule has 0 spiro atoms. The average molecular weight is 398 g/mol. The van der Waals surface area contributed by atoms with E-state index in [2.05, 4.69) is 10.3 Å². The summed E-state index contributed by atoms with van der Waals surface area (Å²) in [5, 5.41) is 15.9. The Balaban J connectivity index is 1.64. The lowest BCUT2D eigenvalue weighted by Crippen LogP contribution is -2.28. The zero-order valence-electron chi connectivity index (χ0n) is 15.6. The second kappa shape index (κ2) is 8.23. The molecule has 1 aromatic carbocycles. The molecule has 0 radical (unpaired) electrons. The van der Waals surface area contributed by atoms with Gasteiger partial charge in [0.25, 0.3) is 0 Å². The number of rotatable bonds is 5. The Hall–Kier alpha value is -2.53. The van der Waals surface area contributed by atoms with Crippen LogP contribution in [0.4, 0.5) is 5.82 Å². The van der Waals surface area contributed by atoms with Gasteiger partial charge < -0.3 is 15.0 Å². The quantitative estimate of drug-likeness (QED) is 0.593. The van der Waals surface area contributed by atoms with Gasteiger partial charge in [-0.05, 0) is 30.5 Å². The topological polar surface area (TPSA) is 67.2 Å². The van der Waals surface area contributed by atoms with Gasteiger partial charge in [-0.3, -0.25) is 4.79 Å². The highest BCUT2D eigenvalue weighted by Gasteiger charge is 2.28. The van der Waals surface area contributed by atoms with Crippen LogP contribution in [0.25, 0.3) is 10.8 Å². The smallest absolute Gasteiger partial charge is 0.248 e. The number of carbonyl (C=O) groups is 1. The Bertz CT molecular complexity index is 962. The molecule has 0 saturated heterocycles. The number of amides is 1. The standard InChI is InChI=1S/C22H24ClN3O2/c23-17-10-11-20(24-13-17)25-21(27)19(12-15-6-2-1-3-7-15)26-14-16-8-4-5-9-18(16)22(26)28/h4-5,8-11,13-15,19,28H,1-3,6-7,12H2,(H,24,25,27)/t19-/m0/s1. The molecule has 146 valence electrons. The molecule has 2 heterocycles. The number of fused-ring (bicyclic) bond motifs is 1. The van der Waals surface area contributed by atoms with Crippen molar-refractivity contribution in [2.45, 2.75) is 44.6 Å². The number of benzene rings is 1. The zero-order valence-corrected chi connectivity index (χ0v) is 16.4. The Morgan fingerprint density at radius 3 is 2.71 bits per heavy atom. The van der Waals surface area contributed by atoms with Crippen LogP contribution in [0.3, 0.4) is 0 Å². The molecule has 1 fully saturated rings. The summed E-state index contributed by atoms with van der Waals surface area (Å²) in [7, 11) is 0. The molecule has 1 aliphatic rings. The molecule has 2 N–H and O–H groups in total. The van der Waals surface area contributed by atoms with Crippen molar-refractivity contribution >= 4 is 34.1 Å². The lowest BCUT2D eigenvalue weighted by Gasteiger charge is -2.27. The van der Waals surface area contributed by atoms with Gasteiger partial charge in [0.15, 0.2) is 5.88 Å². The highest BCUT2D eigenvalue weighted by molar-refractivity contribution is 6.30. The Labute approximate surface area is 169 Å². The van der Waals surface area contributed by atoms with E-state index < -0.39 is 6.04 Å². The van der Waals surface area contributed by atoms with E-state index in [0.29, 0.717) is 23.2 Å². The van der Waals surface area contributed by atoms with Crippen molar-refractivity contribution in [2.75, 3.05) is 5.32 Å². The van der Waals surface area contributed by atoms with Gasteiger partial charge >= 0.3 is 0 Å². The van der Waals surface area contributed by atoms with E-state index in [0.717, 1.165) is 23.6 Å². The number of halogens is 1. The summed E-state index contributed by atoms with van der Waals surface area (Å²) in [4.78, 5) is 17.4. The third-order valence-electron chi connectivity index (χ3n) is 5.62. The number of nitrogens with one attached hydrogen (secondary N) is 1. The summed E-state index contributed by atoms with van der Waals surface area (Å²) < 4.78 is 1.71. The van der Waals surface area contributed by atoms with E-state index in [4.69, 9.17) is 11.6 Å². The predicted octanol–water partition coefficient (Wildman–Crippen LogP) is 5.55. The molecule has 6 heteroatoms. The van der Waals surface area contributed by atoms with Gasteiger partial charge in [0.05, 0.1) is 5.02 Å². The number of anilines is 1. The van der Waals surface area contributed by atoms with Crippen LogP contribution in [-0.2, 0) is 4.79 Å². The SMILES string of the molecule is O=C(Nc1ccc(Cl)cn1)[C@H](CC1CCCCC1)n1cc2ccccc2c1O. The van der Waals surface area contributed by atoms with E-state index in [1.807, 2.05) is 30.5 Å². The maximum absolute atomic E-state index is 13.2. The molecule has 28 heavy (non-hydrogen) atoms. The minimum absolute atomic E-state index is 0.135. The fourth-order valence-corrected chi connectivity index (χ4v) is 4.26. The van der Waals surface area contributed by atoms with Gasteiger partial charge in [0.2, 0.25) is 5.91 Å². The number of pyridine rings is 1. The monoisotopic (exact) mass is 397 g/mol. The number of carbonyl (C=O) groups excluding carboxylic acids is 1. The van der Waals surface area contributed by atoms with Crippen LogP contribution < -0.4 is 5.32 Å². The van der Waals surface area contributed by atoms with Crippen molar-refractivity contribution in [3.63, 3.8) is 0 Å². The fraction of sp³-hybridized carbons (Fsp3) is 0.364. The molecule has 0 aliphatic heterocycles. The number of nitrogens with zero attached hydrogens (tertiary/aromatic N) is 2. The van der Waals surface area contributed by atoms with Crippen molar-refractivity contribution in [2.24, 2.45) is 5.92 Å². The molecule has 5 nitrogen and oxygen atoms in total. The van der Waals surface area contributed by atoms with E-state index >= 15 is 0 Å². The number of hydrogen-bond donors (Lipinski definition) is 2. The first-order valence-corrected chi connectivity index (χ1v) is 10.2.